The van der Waals surface area contributed by atoms with Crippen LogP contribution in [0.3, 0.4) is 0 Å². The molecule has 0 radical (unpaired) electrons. The van der Waals surface area contributed by atoms with E-state index >= 15 is 0 Å². The van der Waals surface area contributed by atoms with E-state index in [1.54, 1.807) is 0 Å². The van der Waals surface area contributed by atoms with Crippen molar-refractivity contribution in [2.75, 3.05) is 13.7 Å². The Morgan fingerprint density at radius 1 is 1.20 bits per heavy atom. The molecule has 0 heterocycles. The number of carbonyl (C=O) groups is 2. The third kappa shape index (κ3) is 2.97. The number of methoxy groups -OCH3 is 1. The van der Waals surface area contributed by atoms with Crippen molar-refractivity contribution in [3.63, 3.8) is 0 Å². The highest BCUT2D eigenvalue weighted by Gasteiger charge is 2.44. The van der Waals surface area contributed by atoms with Gasteiger partial charge >= 0.3 is 5.97 Å². The summed E-state index contributed by atoms with van der Waals surface area (Å²) in [6.45, 7) is 0.545. The van der Waals surface area contributed by atoms with Gasteiger partial charge in [-0.15, -0.1) is 0 Å². The molecule has 114 valence electrons. The highest BCUT2D eigenvalue weighted by Crippen LogP contribution is 2.34. The van der Waals surface area contributed by atoms with Gasteiger partial charge in [0.25, 0.3) is 0 Å². The first-order chi connectivity index (χ1) is 9.63. The molecule has 5 heteroatoms. The predicted molar refractivity (Wildman–Crippen MR) is 75.9 cm³/mol. The minimum atomic E-state index is -0.800. The molecule has 0 aromatic carbocycles. The van der Waals surface area contributed by atoms with Crippen molar-refractivity contribution in [1.82, 2.24) is 5.32 Å². The molecular weight excluding hydrogens is 256 g/mol. The maximum absolute atomic E-state index is 12.5. The van der Waals surface area contributed by atoms with Crippen LogP contribution in [-0.2, 0) is 14.3 Å². The van der Waals surface area contributed by atoms with Gasteiger partial charge in [0.05, 0.1) is 7.11 Å². The molecule has 0 aromatic heterocycles. The Hall–Kier alpha value is -1.10. The minimum absolute atomic E-state index is 0.00903. The number of ether oxygens (including phenoxy) is 1. The minimum Gasteiger partial charge on any atom is -0.467 e. The van der Waals surface area contributed by atoms with Gasteiger partial charge in [-0.1, -0.05) is 25.7 Å². The fourth-order valence-corrected chi connectivity index (χ4v) is 3.72. The third-order valence-corrected chi connectivity index (χ3v) is 4.94. The number of hydrogen-bond donors (Lipinski definition) is 2. The van der Waals surface area contributed by atoms with Gasteiger partial charge in [-0.2, -0.15) is 0 Å². The second-order valence-corrected chi connectivity index (χ2v) is 6.16. The summed E-state index contributed by atoms with van der Waals surface area (Å²) in [6.07, 6.45) is 7.34. The van der Waals surface area contributed by atoms with Crippen LogP contribution in [0.5, 0.6) is 0 Å². The quantitative estimate of drug-likeness (QED) is 0.763. The molecule has 20 heavy (non-hydrogen) atoms. The van der Waals surface area contributed by atoms with E-state index in [1.165, 1.54) is 7.11 Å². The molecule has 2 aliphatic rings. The lowest BCUT2D eigenvalue weighted by atomic mass is 9.80. The van der Waals surface area contributed by atoms with Gasteiger partial charge in [0.2, 0.25) is 5.91 Å². The molecule has 0 spiro atoms. The lowest BCUT2D eigenvalue weighted by molar-refractivity contribution is -0.153. The van der Waals surface area contributed by atoms with Crippen LogP contribution in [-0.4, -0.2) is 31.1 Å². The number of carbonyl (C=O) groups excluding carboxylic acids is 2. The monoisotopic (exact) mass is 282 g/mol. The van der Waals surface area contributed by atoms with Crippen LogP contribution in [0.4, 0.5) is 0 Å². The van der Waals surface area contributed by atoms with Gasteiger partial charge in [-0.05, 0) is 38.1 Å². The Morgan fingerprint density at radius 3 is 2.50 bits per heavy atom. The van der Waals surface area contributed by atoms with Crippen LogP contribution < -0.4 is 11.1 Å². The Balaban J connectivity index is 2.07. The van der Waals surface area contributed by atoms with Crippen LogP contribution in [0.1, 0.15) is 51.4 Å². The fourth-order valence-electron chi connectivity index (χ4n) is 3.72. The molecule has 0 aromatic rings. The van der Waals surface area contributed by atoms with Gasteiger partial charge in [-0.25, -0.2) is 4.79 Å². The van der Waals surface area contributed by atoms with Gasteiger partial charge in [0, 0.05) is 5.92 Å². The first kappa shape index (κ1) is 15.3. The van der Waals surface area contributed by atoms with E-state index in [4.69, 9.17) is 10.5 Å². The van der Waals surface area contributed by atoms with Crippen LogP contribution in [0, 0.1) is 11.8 Å². The summed E-state index contributed by atoms with van der Waals surface area (Å²) in [5, 5.41) is 3.02. The molecule has 2 aliphatic carbocycles. The SMILES string of the molecule is COC(=O)C1(NC(=O)[C@@H]2CCC[C@@H]2CN)CCCCC1. The van der Waals surface area contributed by atoms with Crippen molar-refractivity contribution in [3.8, 4) is 0 Å². The van der Waals surface area contributed by atoms with Crippen molar-refractivity contribution in [2.45, 2.75) is 56.9 Å². The standard InChI is InChI=1S/C15H26N2O3/c1-20-14(19)15(8-3-2-4-9-15)17-13(18)12-7-5-6-11(12)10-16/h11-12H,2-10,16H2,1H3,(H,17,18)/t11-,12-/m1/s1. The van der Waals surface area contributed by atoms with Crippen molar-refractivity contribution >= 4 is 11.9 Å². The largest absolute Gasteiger partial charge is 0.467 e. The molecular formula is C15H26N2O3. The molecule has 0 bridgehead atoms. The molecule has 0 saturated heterocycles. The lowest BCUT2D eigenvalue weighted by Gasteiger charge is -2.36. The van der Waals surface area contributed by atoms with E-state index in [1.807, 2.05) is 0 Å². The highest BCUT2D eigenvalue weighted by atomic mass is 16.5. The van der Waals surface area contributed by atoms with Crippen LogP contribution >= 0.6 is 0 Å². The van der Waals surface area contributed by atoms with E-state index < -0.39 is 5.54 Å². The van der Waals surface area contributed by atoms with E-state index in [0.717, 1.165) is 38.5 Å². The van der Waals surface area contributed by atoms with Crippen LogP contribution in [0.25, 0.3) is 0 Å². The normalized spacial score (nSPS) is 28.9. The van der Waals surface area contributed by atoms with Crippen molar-refractivity contribution in [3.05, 3.63) is 0 Å². The molecule has 0 aliphatic heterocycles. The summed E-state index contributed by atoms with van der Waals surface area (Å²) in [5.41, 5.74) is 4.94. The zero-order valence-corrected chi connectivity index (χ0v) is 12.3. The third-order valence-electron chi connectivity index (χ3n) is 4.94. The summed E-state index contributed by atoms with van der Waals surface area (Å²) >= 11 is 0. The number of esters is 1. The molecule has 3 N–H and O–H groups in total. The van der Waals surface area contributed by atoms with Gasteiger partial charge in [0.15, 0.2) is 0 Å². The molecule has 2 rings (SSSR count). The zero-order valence-electron chi connectivity index (χ0n) is 12.3. The summed E-state index contributed by atoms with van der Waals surface area (Å²) in [5.74, 6) is -0.0881. The average molecular weight is 282 g/mol. The van der Waals surface area contributed by atoms with Gasteiger partial charge < -0.3 is 15.8 Å². The van der Waals surface area contributed by atoms with Crippen LogP contribution in [0.2, 0.25) is 0 Å². The molecule has 1 amide bonds. The lowest BCUT2D eigenvalue weighted by Crippen LogP contribution is -2.57. The molecule has 2 fully saturated rings. The maximum Gasteiger partial charge on any atom is 0.331 e. The van der Waals surface area contributed by atoms with Crippen molar-refractivity contribution in [1.29, 1.82) is 0 Å². The highest BCUT2D eigenvalue weighted by molar-refractivity contribution is 5.89. The van der Waals surface area contributed by atoms with E-state index in [9.17, 15) is 9.59 Å². The number of nitrogens with two attached hydrogens (primary N) is 1. The van der Waals surface area contributed by atoms with E-state index in [-0.39, 0.29) is 23.7 Å². The van der Waals surface area contributed by atoms with Crippen molar-refractivity contribution in [2.24, 2.45) is 17.6 Å². The number of hydrogen-bond acceptors (Lipinski definition) is 4. The summed E-state index contributed by atoms with van der Waals surface area (Å²) in [6, 6.07) is 0. The average Bonchev–Trinajstić information content (AvgIpc) is 2.95. The van der Waals surface area contributed by atoms with Gasteiger partial charge in [0.1, 0.15) is 5.54 Å². The second kappa shape index (κ2) is 6.57. The zero-order chi connectivity index (χ0) is 14.6. The van der Waals surface area contributed by atoms with Crippen molar-refractivity contribution < 1.29 is 14.3 Å². The summed E-state index contributed by atoms with van der Waals surface area (Å²) in [4.78, 5) is 24.7. The van der Waals surface area contributed by atoms with Gasteiger partial charge in [-0.3, -0.25) is 4.79 Å². The number of nitrogens with one attached hydrogen (secondary N) is 1. The summed E-state index contributed by atoms with van der Waals surface area (Å²) < 4.78 is 4.93. The first-order valence-electron chi connectivity index (χ1n) is 7.73. The number of rotatable bonds is 4. The van der Waals surface area contributed by atoms with E-state index in [0.29, 0.717) is 19.4 Å². The fraction of sp³-hybridized carbons (Fsp3) is 0.867. The van der Waals surface area contributed by atoms with Crippen LogP contribution in [0.15, 0.2) is 0 Å². The molecule has 5 nitrogen and oxygen atoms in total. The van der Waals surface area contributed by atoms with E-state index in [2.05, 4.69) is 5.32 Å². The molecule has 2 saturated carbocycles. The second-order valence-electron chi connectivity index (χ2n) is 6.16. The summed E-state index contributed by atoms with van der Waals surface area (Å²) in [7, 11) is 1.39. The predicted octanol–water partition coefficient (Wildman–Crippen LogP) is 1.35. The Morgan fingerprint density at radius 2 is 1.90 bits per heavy atom. The topological polar surface area (TPSA) is 81.4 Å². The number of amides is 1. The Labute approximate surface area is 120 Å². The molecule has 0 unspecified atom stereocenters. The Kier molecular flexibility index (Phi) is 5.02. The first-order valence-corrected chi connectivity index (χ1v) is 7.73. The smallest absolute Gasteiger partial charge is 0.331 e. The Bertz CT molecular complexity index is 364. The molecule has 2 atom stereocenters. The maximum atomic E-state index is 12.5.